The van der Waals surface area contributed by atoms with Gasteiger partial charge in [-0.1, -0.05) is 6.07 Å². The van der Waals surface area contributed by atoms with E-state index in [1.165, 1.54) is 17.7 Å². The summed E-state index contributed by atoms with van der Waals surface area (Å²) in [5.41, 5.74) is 3.72. The van der Waals surface area contributed by atoms with Gasteiger partial charge in [-0.3, -0.25) is 4.79 Å². The first-order valence-electron chi connectivity index (χ1n) is 7.90. The number of rotatable bonds is 3. The number of hydrogen-bond acceptors (Lipinski definition) is 2. The molecule has 0 saturated heterocycles. The van der Waals surface area contributed by atoms with Crippen molar-refractivity contribution in [2.45, 2.75) is 6.92 Å². The topological polar surface area (TPSA) is 62.7 Å². The van der Waals surface area contributed by atoms with Crippen LogP contribution in [0.3, 0.4) is 0 Å². The van der Waals surface area contributed by atoms with Crippen molar-refractivity contribution in [2.24, 2.45) is 0 Å². The molecule has 4 aromatic rings. The van der Waals surface area contributed by atoms with Crippen LogP contribution in [0.5, 0.6) is 0 Å². The van der Waals surface area contributed by atoms with Gasteiger partial charge in [-0.25, -0.2) is 13.5 Å². The van der Waals surface area contributed by atoms with Crippen LogP contribution in [0.2, 0.25) is 0 Å². The number of halogens is 2. The number of hydrogen-bond donors (Lipinski definition) is 2. The van der Waals surface area contributed by atoms with Crippen molar-refractivity contribution >= 4 is 22.5 Å². The number of benzene rings is 2. The number of carbonyl (C=O) groups is 1. The first kappa shape index (κ1) is 16.0. The number of aromatic amines is 1. The second-order valence-corrected chi connectivity index (χ2v) is 5.92. The summed E-state index contributed by atoms with van der Waals surface area (Å²) in [6.45, 7) is 1.45. The zero-order valence-corrected chi connectivity index (χ0v) is 13.8. The number of H-pyrrole nitrogens is 1. The van der Waals surface area contributed by atoms with E-state index in [1.807, 2.05) is 18.2 Å². The number of amides is 1. The monoisotopic (exact) mass is 352 g/mol. The summed E-state index contributed by atoms with van der Waals surface area (Å²) in [5, 5.41) is 7.88. The fourth-order valence-corrected chi connectivity index (χ4v) is 2.83. The van der Waals surface area contributed by atoms with Crippen molar-refractivity contribution in [1.82, 2.24) is 14.8 Å². The van der Waals surface area contributed by atoms with Crippen molar-refractivity contribution in [2.75, 3.05) is 5.32 Å². The van der Waals surface area contributed by atoms with Gasteiger partial charge in [0.25, 0.3) is 0 Å². The zero-order chi connectivity index (χ0) is 18.3. The zero-order valence-electron chi connectivity index (χ0n) is 13.8. The average molecular weight is 352 g/mol. The Morgan fingerprint density at radius 2 is 1.96 bits per heavy atom. The summed E-state index contributed by atoms with van der Waals surface area (Å²) < 4.78 is 28.0. The van der Waals surface area contributed by atoms with Gasteiger partial charge in [0.2, 0.25) is 5.91 Å². The Labute approximate surface area is 147 Å². The Hall–Kier alpha value is -3.48. The molecule has 0 unspecified atom stereocenters. The summed E-state index contributed by atoms with van der Waals surface area (Å²) in [5.74, 6) is -1.97. The minimum Gasteiger partial charge on any atom is -0.359 e. The summed E-state index contributed by atoms with van der Waals surface area (Å²) in [6, 6.07) is 9.38. The van der Waals surface area contributed by atoms with Gasteiger partial charge in [0.1, 0.15) is 0 Å². The average Bonchev–Trinajstić information content (AvgIpc) is 3.24. The Morgan fingerprint density at radius 3 is 2.73 bits per heavy atom. The largest absolute Gasteiger partial charge is 0.359 e. The number of nitrogens with one attached hydrogen (secondary N) is 2. The van der Waals surface area contributed by atoms with E-state index in [4.69, 9.17) is 0 Å². The van der Waals surface area contributed by atoms with E-state index < -0.39 is 11.6 Å². The highest BCUT2D eigenvalue weighted by Gasteiger charge is 2.10. The first-order chi connectivity index (χ1) is 12.5. The number of aromatic nitrogens is 3. The lowest BCUT2D eigenvalue weighted by atomic mass is 10.1. The molecule has 2 aromatic carbocycles. The van der Waals surface area contributed by atoms with Crippen LogP contribution in [0.15, 0.2) is 55.0 Å². The van der Waals surface area contributed by atoms with E-state index in [2.05, 4.69) is 15.4 Å². The Kier molecular flexibility index (Phi) is 3.76. The van der Waals surface area contributed by atoms with Crippen LogP contribution in [0.1, 0.15) is 6.92 Å². The molecule has 0 bridgehead atoms. The van der Waals surface area contributed by atoms with Gasteiger partial charge in [0.05, 0.1) is 17.6 Å². The molecule has 0 spiro atoms. The molecule has 4 rings (SSSR count). The quantitative estimate of drug-likeness (QED) is 0.579. The van der Waals surface area contributed by atoms with Crippen LogP contribution in [-0.2, 0) is 4.79 Å². The van der Waals surface area contributed by atoms with Gasteiger partial charge >= 0.3 is 0 Å². The molecule has 5 nitrogen and oxygen atoms in total. The smallest absolute Gasteiger partial charge is 0.221 e. The van der Waals surface area contributed by atoms with Crippen molar-refractivity contribution in [1.29, 1.82) is 0 Å². The SMILES string of the molecule is CC(=O)Nc1c[nH]c2ccc(-c3cnn(-c4ccc(F)c(F)c4)c3)cc12. The fraction of sp³-hybridized carbons (Fsp3) is 0.0526. The third kappa shape index (κ3) is 2.83. The molecule has 1 amide bonds. The maximum absolute atomic E-state index is 13.4. The molecule has 0 aliphatic rings. The fourth-order valence-electron chi connectivity index (χ4n) is 2.83. The number of anilines is 1. The molecular formula is C19H14F2N4O. The van der Waals surface area contributed by atoms with Crippen LogP contribution in [-0.4, -0.2) is 20.7 Å². The molecule has 2 N–H and O–H groups in total. The predicted octanol–water partition coefficient (Wildman–Crippen LogP) is 4.26. The summed E-state index contributed by atoms with van der Waals surface area (Å²) in [4.78, 5) is 14.4. The molecule has 0 saturated carbocycles. The lowest BCUT2D eigenvalue weighted by molar-refractivity contribution is -0.114. The first-order valence-corrected chi connectivity index (χ1v) is 7.90. The van der Waals surface area contributed by atoms with E-state index in [-0.39, 0.29) is 5.91 Å². The van der Waals surface area contributed by atoms with Gasteiger partial charge in [-0.15, -0.1) is 0 Å². The lowest BCUT2D eigenvalue weighted by Gasteiger charge is -2.03. The predicted molar refractivity (Wildman–Crippen MR) is 95.1 cm³/mol. The molecule has 0 atom stereocenters. The Bertz CT molecular complexity index is 1130. The van der Waals surface area contributed by atoms with Crippen LogP contribution in [0, 0.1) is 11.6 Å². The number of nitrogens with zero attached hydrogens (tertiary/aromatic N) is 2. The normalized spacial score (nSPS) is 11.0. The maximum Gasteiger partial charge on any atom is 0.221 e. The van der Waals surface area contributed by atoms with Crippen LogP contribution < -0.4 is 5.32 Å². The highest BCUT2D eigenvalue weighted by Crippen LogP contribution is 2.29. The van der Waals surface area contributed by atoms with Crippen LogP contribution >= 0.6 is 0 Å². The van der Waals surface area contributed by atoms with Crippen molar-refractivity contribution in [3.05, 3.63) is 66.6 Å². The van der Waals surface area contributed by atoms with Crippen LogP contribution in [0.25, 0.3) is 27.7 Å². The van der Waals surface area contributed by atoms with E-state index in [0.29, 0.717) is 11.4 Å². The highest BCUT2D eigenvalue weighted by molar-refractivity contribution is 6.02. The Balaban J connectivity index is 1.72. The molecule has 0 fully saturated rings. The van der Waals surface area contributed by atoms with Gasteiger partial charge in [-0.05, 0) is 29.8 Å². The molecular weight excluding hydrogens is 338 g/mol. The van der Waals surface area contributed by atoms with E-state index in [0.717, 1.165) is 34.2 Å². The van der Waals surface area contributed by atoms with Crippen molar-refractivity contribution in [3.8, 4) is 16.8 Å². The van der Waals surface area contributed by atoms with Crippen molar-refractivity contribution in [3.63, 3.8) is 0 Å². The molecule has 26 heavy (non-hydrogen) atoms. The van der Waals surface area contributed by atoms with Gasteiger partial charge in [0.15, 0.2) is 11.6 Å². The molecule has 130 valence electrons. The second kappa shape index (κ2) is 6.11. The third-order valence-electron chi connectivity index (χ3n) is 4.08. The molecule has 0 aliphatic heterocycles. The maximum atomic E-state index is 13.4. The number of fused-ring (bicyclic) bond motifs is 1. The van der Waals surface area contributed by atoms with E-state index in [9.17, 15) is 13.6 Å². The molecule has 0 radical (unpaired) electrons. The number of carbonyl (C=O) groups excluding carboxylic acids is 1. The van der Waals surface area contributed by atoms with E-state index >= 15 is 0 Å². The minimum absolute atomic E-state index is 0.151. The van der Waals surface area contributed by atoms with Gasteiger partial charge in [-0.2, -0.15) is 5.10 Å². The summed E-state index contributed by atoms with van der Waals surface area (Å²) >= 11 is 0. The molecule has 7 heteroatoms. The standard InChI is InChI=1S/C19H14F2N4O/c1-11(26)24-19-9-22-18-5-2-12(6-15(18)19)13-8-23-25(10-13)14-3-4-16(20)17(21)7-14/h2-10,22H,1H3,(H,24,26). The summed E-state index contributed by atoms with van der Waals surface area (Å²) in [7, 11) is 0. The van der Waals surface area contributed by atoms with Crippen molar-refractivity contribution < 1.29 is 13.6 Å². The highest BCUT2D eigenvalue weighted by atomic mass is 19.2. The summed E-state index contributed by atoms with van der Waals surface area (Å²) in [6.07, 6.45) is 5.12. The molecule has 0 aliphatic carbocycles. The second-order valence-electron chi connectivity index (χ2n) is 5.92. The minimum atomic E-state index is -0.923. The van der Waals surface area contributed by atoms with Gasteiger partial charge < -0.3 is 10.3 Å². The molecule has 2 heterocycles. The Morgan fingerprint density at radius 1 is 1.12 bits per heavy atom. The van der Waals surface area contributed by atoms with Gasteiger partial charge in [0, 0.05) is 41.9 Å². The lowest BCUT2D eigenvalue weighted by Crippen LogP contribution is -2.04. The molecule has 2 aromatic heterocycles. The third-order valence-corrected chi connectivity index (χ3v) is 4.08. The van der Waals surface area contributed by atoms with E-state index in [1.54, 1.807) is 18.6 Å². The van der Waals surface area contributed by atoms with Crippen LogP contribution in [0.4, 0.5) is 14.5 Å².